The van der Waals surface area contributed by atoms with Crippen LogP contribution in [0, 0.1) is 16.9 Å². The lowest BCUT2D eigenvalue weighted by Gasteiger charge is -2.35. The molecule has 0 bridgehead atoms. The summed E-state index contributed by atoms with van der Waals surface area (Å²) < 4.78 is 19.6. The number of hydrogen-bond acceptors (Lipinski definition) is 6. The Morgan fingerprint density at radius 3 is 2.66 bits per heavy atom. The largest absolute Gasteiger partial charge is 0.619 e. The molecule has 1 amide bonds. The molecular weight excluding hydrogens is 415 g/mol. The first-order chi connectivity index (χ1) is 15.4. The molecule has 1 N–H and O–H groups in total. The van der Waals surface area contributed by atoms with E-state index >= 15 is 0 Å². The van der Waals surface area contributed by atoms with Gasteiger partial charge in [0.05, 0.1) is 0 Å². The van der Waals surface area contributed by atoms with Gasteiger partial charge in [0.25, 0.3) is 0 Å². The highest BCUT2D eigenvalue weighted by molar-refractivity contribution is 5.94. The molecule has 5 rings (SSSR count). The van der Waals surface area contributed by atoms with E-state index in [0.29, 0.717) is 47.1 Å². The standard InChI is InChI=1S/C23H19FN4O4/c24-17-3-1-2-15(10-17)16-11-25-22(26-12-16)27-20(29)14-4-7-23(8-5-14)19-6-9-28(31)13-18(19)21(30)32-23/h1-3,6,9-14H,4-5,7-8H2,(H,25,26,27,29)/t14-,23-. The molecule has 9 heteroatoms. The van der Waals surface area contributed by atoms with E-state index in [1.807, 2.05) is 0 Å². The van der Waals surface area contributed by atoms with Crippen LogP contribution < -0.4 is 10.0 Å². The van der Waals surface area contributed by atoms with Crippen molar-refractivity contribution in [1.29, 1.82) is 0 Å². The fourth-order valence-corrected chi connectivity index (χ4v) is 4.46. The number of pyridine rings is 1. The van der Waals surface area contributed by atoms with Crippen molar-refractivity contribution in [3.8, 4) is 11.1 Å². The normalized spacial score (nSPS) is 21.8. The van der Waals surface area contributed by atoms with E-state index in [0.717, 1.165) is 0 Å². The fourth-order valence-electron chi connectivity index (χ4n) is 4.46. The van der Waals surface area contributed by atoms with Crippen molar-refractivity contribution in [2.24, 2.45) is 5.92 Å². The van der Waals surface area contributed by atoms with Gasteiger partial charge in [-0.1, -0.05) is 12.1 Å². The van der Waals surface area contributed by atoms with E-state index in [-0.39, 0.29) is 29.2 Å². The molecule has 1 fully saturated rings. The summed E-state index contributed by atoms with van der Waals surface area (Å²) in [7, 11) is 0. The molecule has 0 atom stereocenters. The van der Waals surface area contributed by atoms with Crippen molar-refractivity contribution in [2.75, 3.05) is 5.32 Å². The molecule has 0 radical (unpaired) electrons. The number of esters is 1. The summed E-state index contributed by atoms with van der Waals surface area (Å²) >= 11 is 0. The van der Waals surface area contributed by atoms with E-state index < -0.39 is 11.6 Å². The first-order valence-electron chi connectivity index (χ1n) is 10.3. The van der Waals surface area contributed by atoms with Crippen molar-refractivity contribution < 1.29 is 23.4 Å². The van der Waals surface area contributed by atoms with Crippen LogP contribution in [0.15, 0.2) is 55.1 Å². The Bertz CT molecular complexity index is 1210. The number of halogens is 1. The topological polar surface area (TPSA) is 108 Å². The van der Waals surface area contributed by atoms with Gasteiger partial charge in [-0.2, -0.15) is 4.73 Å². The number of anilines is 1. The van der Waals surface area contributed by atoms with Gasteiger partial charge >= 0.3 is 5.97 Å². The summed E-state index contributed by atoms with van der Waals surface area (Å²) in [6, 6.07) is 7.73. The van der Waals surface area contributed by atoms with E-state index in [1.165, 1.54) is 36.9 Å². The number of carbonyl (C=O) groups excluding carboxylic acids is 2. The summed E-state index contributed by atoms with van der Waals surface area (Å²) in [6.45, 7) is 0. The molecule has 32 heavy (non-hydrogen) atoms. The van der Waals surface area contributed by atoms with Crippen molar-refractivity contribution in [3.05, 3.63) is 77.3 Å². The first kappa shape index (κ1) is 20.0. The van der Waals surface area contributed by atoms with Crippen molar-refractivity contribution in [2.45, 2.75) is 31.3 Å². The zero-order chi connectivity index (χ0) is 22.3. The molecule has 2 aliphatic rings. The van der Waals surface area contributed by atoms with E-state index in [2.05, 4.69) is 15.3 Å². The molecule has 162 valence electrons. The maximum absolute atomic E-state index is 13.4. The van der Waals surface area contributed by atoms with Gasteiger partial charge in [-0.3, -0.25) is 10.1 Å². The van der Waals surface area contributed by atoms with Gasteiger partial charge in [-0.15, -0.1) is 0 Å². The molecule has 1 saturated carbocycles. The Morgan fingerprint density at radius 1 is 1.19 bits per heavy atom. The van der Waals surface area contributed by atoms with Crippen LogP contribution in [0.2, 0.25) is 0 Å². The van der Waals surface area contributed by atoms with Crippen LogP contribution in [0.3, 0.4) is 0 Å². The van der Waals surface area contributed by atoms with Crippen molar-refractivity contribution in [1.82, 2.24) is 9.97 Å². The molecule has 3 heterocycles. The smallest absolute Gasteiger partial charge is 0.345 e. The molecule has 1 aliphatic carbocycles. The number of rotatable bonds is 3. The monoisotopic (exact) mass is 434 g/mol. The van der Waals surface area contributed by atoms with Gasteiger partial charge in [0, 0.05) is 35.5 Å². The predicted molar refractivity (Wildman–Crippen MR) is 111 cm³/mol. The van der Waals surface area contributed by atoms with Gasteiger partial charge < -0.3 is 9.94 Å². The van der Waals surface area contributed by atoms with Crippen LogP contribution in [-0.2, 0) is 15.1 Å². The third kappa shape index (κ3) is 3.55. The molecule has 1 aromatic carbocycles. The minimum Gasteiger partial charge on any atom is -0.619 e. The average molecular weight is 434 g/mol. The van der Waals surface area contributed by atoms with Gasteiger partial charge in [-0.25, -0.2) is 19.2 Å². The zero-order valence-corrected chi connectivity index (χ0v) is 17.0. The molecule has 1 aliphatic heterocycles. The molecular formula is C23H19FN4O4. The summed E-state index contributed by atoms with van der Waals surface area (Å²) in [6.07, 6.45) is 7.67. The average Bonchev–Trinajstić information content (AvgIpc) is 3.05. The number of nitrogens with zero attached hydrogens (tertiary/aromatic N) is 3. The van der Waals surface area contributed by atoms with E-state index in [1.54, 1.807) is 18.2 Å². The molecule has 3 aromatic rings. The lowest BCUT2D eigenvalue weighted by molar-refractivity contribution is -0.605. The molecule has 8 nitrogen and oxygen atoms in total. The Labute approximate surface area is 182 Å². The summed E-state index contributed by atoms with van der Waals surface area (Å²) in [5.74, 6) is -1.15. The minimum atomic E-state index is -0.777. The summed E-state index contributed by atoms with van der Waals surface area (Å²) in [4.78, 5) is 33.3. The zero-order valence-electron chi connectivity index (χ0n) is 17.0. The number of benzene rings is 1. The second kappa shape index (κ2) is 7.67. The molecule has 2 aromatic heterocycles. The van der Waals surface area contributed by atoms with Crippen molar-refractivity contribution >= 4 is 17.8 Å². The third-order valence-corrected chi connectivity index (χ3v) is 6.14. The van der Waals surface area contributed by atoms with Gasteiger partial charge in [0.1, 0.15) is 17.0 Å². The highest BCUT2D eigenvalue weighted by Crippen LogP contribution is 2.47. The number of ether oxygens (including phenoxy) is 1. The van der Waals surface area contributed by atoms with E-state index in [9.17, 15) is 19.2 Å². The van der Waals surface area contributed by atoms with E-state index in [4.69, 9.17) is 4.74 Å². The number of aromatic nitrogens is 3. The van der Waals surface area contributed by atoms with Gasteiger partial charge in [0.2, 0.25) is 11.9 Å². The Balaban J connectivity index is 1.24. The number of amides is 1. The van der Waals surface area contributed by atoms with Crippen LogP contribution in [0.25, 0.3) is 11.1 Å². The summed E-state index contributed by atoms with van der Waals surface area (Å²) in [5.41, 5.74) is 1.51. The lowest BCUT2D eigenvalue weighted by Crippen LogP contribution is -2.36. The van der Waals surface area contributed by atoms with Crippen LogP contribution in [0.4, 0.5) is 10.3 Å². The number of carbonyl (C=O) groups is 2. The van der Waals surface area contributed by atoms with Crippen LogP contribution in [0.5, 0.6) is 0 Å². The van der Waals surface area contributed by atoms with Gasteiger partial charge in [-0.05, 0) is 43.4 Å². The maximum Gasteiger partial charge on any atom is 0.345 e. The number of fused-ring (bicyclic) bond motifs is 2. The SMILES string of the molecule is O=C1O[C@]2(CC[C@H](C(=O)Nc3ncc(-c4cccc(F)c4)cn3)CC2)c2cc[n+]([O-])cc21. The highest BCUT2D eigenvalue weighted by atomic mass is 19.1. The predicted octanol–water partition coefficient (Wildman–Crippen LogP) is 3.11. The quantitative estimate of drug-likeness (QED) is 0.386. The highest BCUT2D eigenvalue weighted by Gasteiger charge is 2.49. The van der Waals surface area contributed by atoms with Crippen LogP contribution in [0.1, 0.15) is 41.6 Å². The Hall–Kier alpha value is -3.88. The second-order valence-electron chi connectivity index (χ2n) is 8.09. The first-order valence-corrected chi connectivity index (χ1v) is 10.3. The minimum absolute atomic E-state index is 0.174. The second-order valence-corrected chi connectivity index (χ2v) is 8.09. The number of hydrogen-bond donors (Lipinski definition) is 1. The molecule has 1 spiro atoms. The van der Waals surface area contributed by atoms with Crippen LogP contribution in [-0.4, -0.2) is 21.8 Å². The third-order valence-electron chi connectivity index (χ3n) is 6.14. The lowest BCUT2D eigenvalue weighted by atomic mass is 9.75. The Morgan fingerprint density at radius 2 is 1.94 bits per heavy atom. The molecule has 0 unspecified atom stereocenters. The van der Waals surface area contributed by atoms with Crippen LogP contribution >= 0.6 is 0 Å². The maximum atomic E-state index is 13.4. The van der Waals surface area contributed by atoms with Gasteiger partial charge in [0.15, 0.2) is 12.4 Å². The Kier molecular flexibility index (Phi) is 4.80. The van der Waals surface area contributed by atoms with Crippen molar-refractivity contribution in [3.63, 3.8) is 0 Å². The fraction of sp³-hybridized carbons (Fsp3) is 0.261. The summed E-state index contributed by atoms with van der Waals surface area (Å²) in [5, 5.41) is 14.2. The molecule has 0 saturated heterocycles. The number of nitrogens with one attached hydrogen (secondary N) is 1.